The maximum atomic E-state index is 12.8. The molecule has 3 aromatic rings. The van der Waals surface area contributed by atoms with Gasteiger partial charge in [-0.2, -0.15) is 0 Å². The van der Waals surface area contributed by atoms with Crippen molar-refractivity contribution < 1.29 is 19.4 Å². The van der Waals surface area contributed by atoms with E-state index in [0.717, 1.165) is 11.1 Å². The molecule has 0 spiro atoms. The molecule has 0 aliphatic heterocycles. The quantitative estimate of drug-likeness (QED) is 0.555. The summed E-state index contributed by atoms with van der Waals surface area (Å²) in [6.45, 7) is 3.72. The minimum atomic E-state index is -1.05. The first-order valence-electron chi connectivity index (χ1n) is 9.36. The molecule has 3 rings (SSSR count). The van der Waals surface area contributed by atoms with Gasteiger partial charge in [-0.3, -0.25) is 19.5 Å². The van der Waals surface area contributed by atoms with Gasteiger partial charge >= 0.3 is 5.97 Å². The molecule has 1 amide bonds. The number of carbonyl (C=O) groups is 2. The summed E-state index contributed by atoms with van der Waals surface area (Å²) >= 11 is 0. The number of rotatable bonds is 7. The van der Waals surface area contributed by atoms with Crippen LogP contribution in [0, 0.1) is 13.8 Å². The van der Waals surface area contributed by atoms with Crippen molar-refractivity contribution in [3.63, 3.8) is 0 Å². The van der Waals surface area contributed by atoms with E-state index in [1.54, 1.807) is 43.5 Å². The van der Waals surface area contributed by atoms with Crippen molar-refractivity contribution in [2.45, 2.75) is 26.3 Å². The Kier molecular flexibility index (Phi) is 6.06. The number of carboxylic acid groups (broad SMARTS) is 1. The molecule has 0 saturated heterocycles. The van der Waals surface area contributed by atoms with Gasteiger partial charge in [0.2, 0.25) is 0 Å². The number of ether oxygens (including phenoxy) is 1. The van der Waals surface area contributed by atoms with Crippen LogP contribution in [0.25, 0.3) is 5.69 Å². The van der Waals surface area contributed by atoms with Crippen LogP contribution >= 0.6 is 0 Å². The number of carboxylic acids is 1. The lowest BCUT2D eigenvalue weighted by Crippen LogP contribution is -2.31. The second-order valence-corrected chi connectivity index (χ2v) is 6.91. The van der Waals surface area contributed by atoms with Crippen LogP contribution in [0.1, 0.15) is 39.6 Å². The van der Waals surface area contributed by atoms with Crippen LogP contribution < -0.4 is 15.6 Å². The molecule has 0 aliphatic carbocycles. The van der Waals surface area contributed by atoms with Crippen molar-refractivity contribution in [2.24, 2.45) is 0 Å². The molecule has 30 heavy (non-hydrogen) atoms. The van der Waals surface area contributed by atoms with E-state index in [9.17, 15) is 19.5 Å². The number of aliphatic carboxylic acids is 1. The topological polar surface area (TPSA) is 113 Å². The second kappa shape index (κ2) is 8.69. The number of aromatic amines is 1. The molecule has 156 valence electrons. The Balaban J connectivity index is 1.91. The highest BCUT2D eigenvalue weighted by molar-refractivity contribution is 5.92. The maximum absolute atomic E-state index is 12.8. The molecular formula is C22H23N3O5. The van der Waals surface area contributed by atoms with Gasteiger partial charge in [-0.25, -0.2) is 4.68 Å². The molecule has 0 aliphatic rings. The van der Waals surface area contributed by atoms with Crippen LogP contribution in [0.3, 0.4) is 0 Å². The molecule has 0 saturated carbocycles. The summed E-state index contributed by atoms with van der Waals surface area (Å²) in [6.07, 6.45) is -0.304. The fraction of sp³-hybridized carbons (Fsp3) is 0.227. The number of para-hydroxylation sites is 1. The Morgan fingerprint density at radius 1 is 1.13 bits per heavy atom. The van der Waals surface area contributed by atoms with Crippen LogP contribution in [0.4, 0.5) is 0 Å². The van der Waals surface area contributed by atoms with Crippen LogP contribution in [0.2, 0.25) is 0 Å². The van der Waals surface area contributed by atoms with Gasteiger partial charge in [-0.15, -0.1) is 0 Å². The van der Waals surface area contributed by atoms with Crippen LogP contribution in [-0.2, 0) is 4.79 Å². The third-order valence-electron chi connectivity index (χ3n) is 5.04. The molecule has 8 nitrogen and oxygen atoms in total. The van der Waals surface area contributed by atoms with Gasteiger partial charge < -0.3 is 15.2 Å². The standard InChI is InChI=1S/C22H23N3O5/c1-13-14(2)19(30-3)10-9-16(13)17(12-21(27)28)23-22(29)18-11-20(26)25(24-18)15-7-5-4-6-8-15/h4-11,17,24H,12H2,1-3H3,(H,23,29)(H,27,28). The van der Waals surface area contributed by atoms with Crippen molar-refractivity contribution in [2.75, 3.05) is 7.11 Å². The lowest BCUT2D eigenvalue weighted by molar-refractivity contribution is -0.137. The first kappa shape index (κ1) is 20.9. The number of hydrogen-bond donors (Lipinski definition) is 3. The van der Waals surface area contributed by atoms with Crippen molar-refractivity contribution >= 4 is 11.9 Å². The number of aromatic nitrogens is 2. The van der Waals surface area contributed by atoms with Gasteiger partial charge in [0.15, 0.2) is 0 Å². The first-order valence-corrected chi connectivity index (χ1v) is 9.36. The van der Waals surface area contributed by atoms with E-state index in [1.807, 2.05) is 19.9 Å². The normalized spacial score (nSPS) is 11.7. The summed E-state index contributed by atoms with van der Waals surface area (Å²) in [4.78, 5) is 36.5. The molecule has 1 atom stereocenters. The van der Waals surface area contributed by atoms with E-state index in [-0.39, 0.29) is 12.1 Å². The number of nitrogens with zero attached hydrogens (tertiary/aromatic N) is 1. The van der Waals surface area contributed by atoms with E-state index < -0.39 is 23.5 Å². The monoisotopic (exact) mass is 409 g/mol. The zero-order valence-electron chi connectivity index (χ0n) is 16.9. The summed E-state index contributed by atoms with van der Waals surface area (Å²) in [5.41, 5.74) is 2.61. The molecular weight excluding hydrogens is 386 g/mol. The molecule has 1 unspecified atom stereocenters. The average molecular weight is 409 g/mol. The van der Waals surface area contributed by atoms with Crippen molar-refractivity contribution in [1.29, 1.82) is 0 Å². The van der Waals surface area contributed by atoms with Crippen molar-refractivity contribution in [3.05, 3.63) is 81.3 Å². The molecule has 1 aromatic heterocycles. The number of amides is 1. The lowest BCUT2D eigenvalue weighted by atomic mass is 9.94. The van der Waals surface area contributed by atoms with Crippen molar-refractivity contribution in [3.8, 4) is 11.4 Å². The summed E-state index contributed by atoms with van der Waals surface area (Å²) in [7, 11) is 1.56. The maximum Gasteiger partial charge on any atom is 0.305 e. The van der Waals surface area contributed by atoms with Gasteiger partial charge in [0.05, 0.1) is 25.3 Å². The highest BCUT2D eigenvalue weighted by Crippen LogP contribution is 2.29. The average Bonchev–Trinajstić information content (AvgIpc) is 3.11. The summed E-state index contributed by atoms with van der Waals surface area (Å²) < 4.78 is 6.56. The number of nitrogens with one attached hydrogen (secondary N) is 2. The van der Waals surface area contributed by atoms with E-state index >= 15 is 0 Å². The number of H-pyrrole nitrogens is 1. The zero-order chi connectivity index (χ0) is 21.8. The van der Waals surface area contributed by atoms with Gasteiger partial charge in [0, 0.05) is 6.07 Å². The molecule has 1 heterocycles. The molecule has 8 heteroatoms. The Morgan fingerprint density at radius 2 is 1.83 bits per heavy atom. The van der Waals surface area contributed by atoms with Crippen molar-refractivity contribution in [1.82, 2.24) is 15.1 Å². The number of carbonyl (C=O) groups excluding carboxylic acids is 1. The SMILES string of the molecule is COc1ccc(C(CC(=O)O)NC(=O)c2cc(=O)n(-c3ccccc3)[nH]2)c(C)c1C. The number of hydrogen-bond acceptors (Lipinski definition) is 4. The molecule has 2 aromatic carbocycles. The van der Waals surface area contributed by atoms with Crippen LogP contribution in [0.5, 0.6) is 5.75 Å². The van der Waals surface area contributed by atoms with Gasteiger partial charge in [-0.1, -0.05) is 24.3 Å². The first-order chi connectivity index (χ1) is 14.3. The lowest BCUT2D eigenvalue weighted by Gasteiger charge is -2.21. The predicted molar refractivity (Wildman–Crippen MR) is 111 cm³/mol. The summed E-state index contributed by atoms with van der Waals surface area (Å²) in [5, 5.41) is 14.9. The smallest absolute Gasteiger partial charge is 0.305 e. The zero-order valence-corrected chi connectivity index (χ0v) is 16.9. The molecule has 0 bridgehead atoms. The Bertz CT molecular complexity index is 1130. The molecule has 0 fully saturated rings. The second-order valence-electron chi connectivity index (χ2n) is 6.91. The third-order valence-corrected chi connectivity index (χ3v) is 5.04. The Labute approximate surface area is 173 Å². The fourth-order valence-electron chi connectivity index (χ4n) is 3.35. The van der Waals surface area contributed by atoms with Gasteiger partial charge in [-0.05, 0) is 48.7 Å². The highest BCUT2D eigenvalue weighted by atomic mass is 16.5. The third kappa shape index (κ3) is 4.27. The Hall–Kier alpha value is -3.81. The van der Waals surface area contributed by atoms with Gasteiger partial charge in [0.1, 0.15) is 11.4 Å². The summed E-state index contributed by atoms with van der Waals surface area (Å²) in [6, 6.07) is 12.7. The minimum Gasteiger partial charge on any atom is -0.496 e. The van der Waals surface area contributed by atoms with E-state index in [2.05, 4.69) is 10.4 Å². The minimum absolute atomic E-state index is 0.0436. The Morgan fingerprint density at radius 3 is 2.47 bits per heavy atom. The fourth-order valence-corrected chi connectivity index (χ4v) is 3.35. The molecule has 3 N–H and O–H groups in total. The number of methoxy groups -OCH3 is 1. The van der Waals surface area contributed by atoms with Gasteiger partial charge in [0.25, 0.3) is 11.5 Å². The van der Waals surface area contributed by atoms with E-state index in [4.69, 9.17) is 4.74 Å². The van der Waals surface area contributed by atoms with Crippen LogP contribution in [-0.4, -0.2) is 33.9 Å². The molecule has 0 radical (unpaired) electrons. The van der Waals surface area contributed by atoms with E-state index in [0.29, 0.717) is 17.0 Å². The highest BCUT2D eigenvalue weighted by Gasteiger charge is 2.23. The number of benzene rings is 2. The van der Waals surface area contributed by atoms with Crippen LogP contribution in [0.15, 0.2) is 53.3 Å². The predicted octanol–water partition coefficient (Wildman–Crippen LogP) is 2.74. The largest absolute Gasteiger partial charge is 0.496 e. The van der Waals surface area contributed by atoms with E-state index in [1.165, 1.54) is 10.7 Å². The summed E-state index contributed by atoms with van der Waals surface area (Å²) in [5.74, 6) is -0.939.